The molecule has 2 heteroatoms. The molecule has 0 saturated carbocycles. The third-order valence-corrected chi connectivity index (χ3v) is 1.80. The van der Waals surface area contributed by atoms with E-state index >= 15 is 0 Å². The predicted octanol–water partition coefficient (Wildman–Crippen LogP) is 1.82. The van der Waals surface area contributed by atoms with Crippen LogP contribution in [0.3, 0.4) is 0 Å². The minimum atomic E-state index is -0.207. The molecule has 0 bridgehead atoms. The summed E-state index contributed by atoms with van der Waals surface area (Å²) in [4.78, 5) is 11.1. The summed E-state index contributed by atoms with van der Waals surface area (Å²) >= 11 is 0. The zero-order valence-corrected chi connectivity index (χ0v) is 7.10. The number of aryl methyl sites for hydroxylation is 2. The van der Waals surface area contributed by atoms with Crippen LogP contribution in [-0.2, 0) is 6.42 Å². The fraction of sp³-hybridized carbons (Fsp3) is 0.444. The Morgan fingerprint density at radius 3 is 2.64 bits per heavy atom. The Hall–Kier alpha value is -1.05. The second-order valence-corrected chi connectivity index (χ2v) is 2.65. The molecule has 0 aromatic carbocycles. The molecule has 0 aliphatic carbocycles. The Balaban J connectivity index is 3.36. The van der Waals surface area contributed by atoms with E-state index in [2.05, 4.69) is 0 Å². The van der Waals surface area contributed by atoms with E-state index in [0.717, 1.165) is 17.5 Å². The Kier molecular flexibility index (Phi) is 2.13. The highest BCUT2D eigenvalue weighted by Crippen LogP contribution is 2.05. The zero-order chi connectivity index (χ0) is 8.43. The monoisotopic (exact) mass is 152 g/mol. The maximum Gasteiger partial charge on any atom is 0.339 e. The predicted molar refractivity (Wildman–Crippen MR) is 43.8 cm³/mol. The van der Waals surface area contributed by atoms with E-state index in [1.54, 1.807) is 13.8 Å². The normalized spacial score (nSPS) is 10.1. The van der Waals surface area contributed by atoms with Gasteiger partial charge in [0.2, 0.25) is 0 Å². The van der Waals surface area contributed by atoms with E-state index < -0.39 is 0 Å². The van der Waals surface area contributed by atoms with Crippen molar-refractivity contribution in [1.29, 1.82) is 0 Å². The first-order valence-corrected chi connectivity index (χ1v) is 3.75. The smallest absolute Gasteiger partial charge is 0.339 e. The molecule has 0 atom stereocenters. The van der Waals surface area contributed by atoms with Gasteiger partial charge in [0.25, 0.3) is 0 Å². The van der Waals surface area contributed by atoms with E-state index in [9.17, 15) is 4.79 Å². The van der Waals surface area contributed by atoms with Crippen molar-refractivity contribution in [2.75, 3.05) is 0 Å². The van der Waals surface area contributed by atoms with Crippen LogP contribution in [0.25, 0.3) is 0 Å². The van der Waals surface area contributed by atoms with Crippen LogP contribution in [0.2, 0.25) is 0 Å². The van der Waals surface area contributed by atoms with E-state index in [-0.39, 0.29) is 5.63 Å². The van der Waals surface area contributed by atoms with Crippen LogP contribution < -0.4 is 5.63 Å². The maximum atomic E-state index is 11.1. The van der Waals surface area contributed by atoms with Crippen LogP contribution in [0.15, 0.2) is 15.3 Å². The minimum absolute atomic E-state index is 0.207. The Labute approximate surface area is 65.9 Å². The topological polar surface area (TPSA) is 30.2 Å². The van der Waals surface area contributed by atoms with Crippen molar-refractivity contribution in [2.24, 2.45) is 0 Å². The molecule has 0 radical (unpaired) electrons. The standard InChI is InChI=1S/C9H12O2/c1-4-8-5-6(2)11-9(10)7(8)3/h5H,4H2,1-3H3. The lowest BCUT2D eigenvalue weighted by Crippen LogP contribution is -2.07. The van der Waals surface area contributed by atoms with E-state index in [1.165, 1.54) is 0 Å². The molecule has 1 heterocycles. The first kappa shape index (κ1) is 8.05. The summed E-state index contributed by atoms with van der Waals surface area (Å²) in [6.45, 7) is 5.62. The molecule has 2 nitrogen and oxygen atoms in total. The molecule has 1 rings (SSSR count). The lowest BCUT2D eigenvalue weighted by molar-refractivity contribution is 0.473. The Morgan fingerprint density at radius 2 is 2.09 bits per heavy atom. The fourth-order valence-corrected chi connectivity index (χ4v) is 1.10. The molecule has 0 fully saturated rings. The molecule has 0 N–H and O–H groups in total. The summed E-state index contributed by atoms with van der Waals surface area (Å²) < 4.78 is 4.89. The van der Waals surface area contributed by atoms with Gasteiger partial charge in [-0.05, 0) is 31.9 Å². The van der Waals surface area contributed by atoms with Gasteiger partial charge in [0, 0.05) is 5.56 Å². The molecular weight excluding hydrogens is 140 g/mol. The Bertz CT molecular complexity index is 310. The van der Waals surface area contributed by atoms with Crippen LogP contribution in [0.5, 0.6) is 0 Å². The number of rotatable bonds is 1. The van der Waals surface area contributed by atoms with Crippen LogP contribution >= 0.6 is 0 Å². The minimum Gasteiger partial charge on any atom is -0.428 e. The summed E-state index contributed by atoms with van der Waals surface area (Å²) in [5.41, 5.74) is 1.61. The van der Waals surface area contributed by atoms with Gasteiger partial charge >= 0.3 is 5.63 Å². The van der Waals surface area contributed by atoms with Gasteiger partial charge in [0.15, 0.2) is 0 Å². The number of hydrogen-bond acceptors (Lipinski definition) is 2. The van der Waals surface area contributed by atoms with Crippen molar-refractivity contribution in [3.05, 3.63) is 33.4 Å². The molecule has 1 aromatic heterocycles. The second-order valence-electron chi connectivity index (χ2n) is 2.65. The molecule has 0 amide bonds. The van der Waals surface area contributed by atoms with Crippen molar-refractivity contribution in [1.82, 2.24) is 0 Å². The molecule has 0 saturated heterocycles. The van der Waals surface area contributed by atoms with Gasteiger partial charge in [-0.3, -0.25) is 0 Å². The van der Waals surface area contributed by atoms with Crippen molar-refractivity contribution < 1.29 is 4.42 Å². The number of hydrogen-bond donors (Lipinski definition) is 0. The van der Waals surface area contributed by atoms with Crippen LogP contribution in [0.1, 0.15) is 23.8 Å². The summed E-state index contributed by atoms with van der Waals surface area (Å²) in [5.74, 6) is 0.692. The first-order chi connectivity index (χ1) is 5.15. The van der Waals surface area contributed by atoms with Crippen LogP contribution in [-0.4, -0.2) is 0 Å². The van der Waals surface area contributed by atoms with Gasteiger partial charge in [-0.25, -0.2) is 4.79 Å². The molecule has 0 unspecified atom stereocenters. The van der Waals surface area contributed by atoms with Gasteiger partial charge in [-0.1, -0.05) is 6.92 Å². The molecule has 0 aliphatic rings. The lowest BCUT2D eigenvalue weighted by Gasteiger charge is -2.00. The molecule has 1 aromatic rings. The van der Waals surface area contributed by atoms with Gasteiger partial charge in [-0.15, -0.1) is 0 Å². The summed E-state index contributed by atoms with van der Waals surface area (Å²) in [6.07, 6.45) is 0.887. The average Bonchev–Trinajstić information content (AvgIpc) is 1.96. The summed E-state index contributed by atoms with van der Waals surface area (Å²) in [6, 6.07) is 1.91. The lowest BCUT2D eigenvalue weighted by atomic mass is 10.1. The van der Waals surface area contributed by atoms with Crippen molar-refractivity contribution in [3.8, 4) is 0 Å². The van der Waals surface area contributed by atoms with E-state index in [1.807, 2.05) is 13.0 Å². The third kappa shape index (κ3) is 1.50. The van der Waals surface area contributed by atoms with Crippen molar-refractivity contribution >= 4 is 0 Å². The first-order valence-electron chi connectivity index (χ1n) is 3.75. The molecule has 60 valence electrons. The summed E-state index contributed by atoms with van der Waals surface area (Å²) in [7, 11) is 0. The molecular formula is C9H12O2. The second kappa shape index (κ2) is 2.91. The molecule has 11 heavy (non-hydrogen) atoms. The quantitative estimate of drug-likeness (QED) is 0.614. The van der Waals surface area contributed by atoms with Crippen molar-refractivity contribution in [3.63, 3.8) is 0 Å². The highest BCUT2D eigenvalue weighted by atomic mass is 16.4. The molecule has 0 aliphatic heterocycles. The highest BCUT2D eigenvalue weighted by Gasteiger charge is 2.02. The van der Waals surface area contributed by atoms with Crippen LogP contribution in [0, 0.1) is 13.8 Å². The van der Waals surface area contributed by atoms with Gasteiger partial charge in [-0.2, -0.15) is 0 Å². The largest absolute Gasteiger partial charge is 0.428 e. The van der Waals surface area contributed by atoms with Crippen molar-refractivity contribution in [2.45, 2.75) is 27.2 Å². The Morgan fingerprint density at radius 1 is 1.45 bits per heavy atom. The van der Waals surface area contributed by atoms with Gasteiger partial charge < -0.3 is 4.42 Å². The third-order valence-electron chi connectivity index (χ3n) is 1.80. The molecule has 0 spiro atoms. The zero-order valence-electron chi connectivity index (χ0n) is 7.10. The van der Waals surface area contributed by atoms with E-state index in [4.69, 9.17) is 4.42 Å². The van der Waals surface area contributed by atoms with Crippen LogP contribution in [0.4, 0.5) is 0 Å². The SMILES string of the molecule is CCc1cc(C)oc(=O)c1C. The van der Waals surface area contributed by atoms with Gasteiger partial charge in [0.05, 0.1) is 0 Å². The van der Waals surface area contributed by atoms with Gasteiger partial charge in [0.1, 0.15) is 5.76 Å². The summed E-state index contributed by atoms with van der Waals surface area (Å²) in [5, 5.41) is 0. The van der Waals surface area contributed by atoms with E-state index in [0.29, 0.717) is 5.76 Å². The average molecular weight is 152 g/mol. The highest BCUT2D eigenvalue weighted by molar-refractivity contribution is 5.22. The maximum absolute atomic E-state index is 11.1. The fourth-order valence-electron chi connectivity index (χ4n) is 1.10.